The van der Waals surface area contributed by atoms with E-state index in [1.165, 1.54) is 9.08 Å². The molecule has 4 rings (SSSR count). The number of hydrogen-bond donors (Lipinski definition) is 2. The number of carbonyl (C=O) groups is 1. The van der Waals surface area contributed by atoms with Crippen LogP contribution in [0.4, 0.5) is 0 Å². The minimum absolute atomic E-state index is 0.0779. The van der Waals surface area contributed by atoms with Gasteiger partial charge in [-0.15, -0.1) is 0 Å². The van der Waals surface area contributed by atoms with Gasteiger partial charge in [-0.25, -0.2) is 0 Å². The Morgan fingerprint density at radius 2 is 2.19 bits per heavy atom. The lowest BCUT2D eigenvalue weighted by molar-refractivity contribution is 0.0944. The van der Waals surface area contributed by atoms with E-state index in [4.69, 9.17) is 0 Å². The fourth-order valence-corrected chi connectivity index (χ4v) is 3.04. The minimum Gasteiger partial charge on any atom is -0.492 e. The molecule has 1 fully saturated rings. The van der Waals surface area contributed by atoms with Gasteiger partial charge in [0.2, 0.25) is 5.88 Å². The zero-order chi connectivity index (χ0) is 19.1. The van der Waals surface area contributed by atoms with Crippen LogP contribution in [0.5, 0.6) is 5.88 Å². The molecular weight excluding hydrogens is 346 g/mol. The molecule has 3 aromatic heterocycles. The maximum absolute atomic E-state index is 13.0. The van der Waals surface area contributed by atoms with Crippen molar-refractivity contribution in [2.24, 2.45) is 5.92 Å². The lowest BCUT2D eigenvalue weighted by atomic mass is 10.2. The van der Waals surface area contributed by atoms with Gasteiger partial charge in [-0.1, -0.05) is 13.8 Å². The topological polar surface area (TPSA) is 102 Å². The van der Waals surface area contributed by atoms with Crippen LogP contribution in [0.25, 0.3) is 16.9 Å². The molecule has 0 aromatic carbocycles. The van der Waals surface area contributed by atoms with Crippen molar-refractivity contribution in [3.05, 3.63) is 46.5 Å². The predicted octanol–water partition coefficient (Wildman–Crippen LogP) is 1.81. The second kappa shape index (κ2) is 6.53. The molecule has 27 heavy (non-hydrogen) atoms. The second-order valence-corrected chi connectivity index (χ2v) is 7.30. The molecular formula is C19H21N5O3. The van der Waals surface area contributed by atoms with Crippen LogP contribution in [-0.4, -0.2) is 36.2 Å². The van der Waals surface area contributed by atoms with Crippen LogP contribution in [0.3, 0.4) is 0 Å². The Kier molecular flexibility index (Phi) is 4.18. The number of carbonyl (C=O) groups excluding carboxylic acids is 1. The van der Waals surface area contributed by atoms with Crippen LogP contribution in [0.15, 0.2) is 35.4 Å². The third-order valence-corrected chi connectivity index (χ3v) is 4.50. The van der Waals surface area contributed by atoms with Crippen molar-refractivity contribution < 1.29 is 9.90 Å². The van der Waals surface area contributed by atoms with Gasteiger partial charge in [0.05, 0.1) is 5.69 Å². The molecule has 8 heteroatoms. The van der Waals surface area contributed by atoms with E-state index in [0.29, 0.717) is 17.9 Å². The standard InChI is InChI=1S/C19H21N5O3/c1-11(2)10-23-15-8-14(12-4-3-7-20-9-12)22-24(15)19(27)16(18(23)26)17(25)21-13-5-6-13/h3-4,7-9,11,13,27H,5-6,10H2,1-2H3,(H,21,25). The molecule has 1 aliphatic carbocycles. The van der Waals surface area contributed by atoms with Crippen LogP contribution in [0.1, 0.15) is 37.0 Å². The van der Waals surface area contributed by atoms with Gasteiger partial charge in [0.25, 0.3) is 11.5 Å². The van der Waals surface area contributed by atoms with Gasteiger partial charge in [-0.3, -0.25) is 19.1 Å². The highest BCUT2D eigenvalue weighted by Gasteiger charge is 2.29. The van der Waals surface area contributed by atoms with Crippen molar-refractivity contribution in [2.75, 3.05) is 0 Å². The molecule has 1 aliphatic rings. The first kappa shape index (κ1) is 17.3. The molecule has 0 aliphatic heterocycles. The van der Waals surface area contributed by atoms with Gasteiger partial charge in [-0.05, 0) is 30.9 Å². The van der Waals surface area contributed by atoms with Gasteiger partial charge in [0.1, 0.15) is 5.65 Å². The summed E-state index contributed by atoms with van der Waals surface area (Å²) in [5, 5.41) is 17.9. The summed E-state index contributed by atoms with van der Waals surface area (Å²) in [6, 6.07) is 5.43. The molecule has 0 bridgehead atoms. The number of amides is 1. The van der Waals surface area contributed by atoms with E-state index in [-0.39, 0.29) is 17.5 Å². The highest BCUT2D eigenvalue weighted by Crippen LogP contribution is 2.25. The van der Waals surface area contributed by atoms with Crippen molar-refractivity contribution in [2.45, 2.75) is 39.3 Å². The Labute approximate surface area is 155 Å². The highest BCUT2D eigenvalue weighted by molar-refractivity contribution is 5.96. The van der Waals surface area contributed by atoms with Crippen LogP contribution in [0, 0.1) is 5.92 Å². The quantitative estimate of drug-likeness (QED) is 0.716. The number of nitrogens with zero attached hydrogens (tertiary/aromatic N) is 4. The van der Waals surface area contributed by atoms with Crippen LogP contribution < -0.4 is 10.9 Å². The third-order valence-electron chi connectivity index (χ3n) is 4.50. The average Bonchev–Trinajstić information content (AvgIpc) is 3.33. The van der Waals surface area contributed by atoms with E-state index < -0.39 is 17.3 Å². The van der Waals surface area contributed by atoms with Crippen molar-refractivity contribution in [3.8, 4) is 17.1 Å². The summed E-state index contributed by atoms with van der Waals surface area (Å²) in [6.45, 7) is 4.38. The van der Waals surface area contributed by atoms with Crippen molar-refractivity contribution in [1.29, 1.82) is 0 Å². The first-order chi connectivity index (χ1) is 13.0. The average molecular weight is 367 g/mol. The molecule has 0 unspecified atom stereocenters. The number of rotatable bonds is 5. The van der Waals surface area contributed by atoms with Crippen LogP contribution in [0.2, 0.25) is 0 Å². The number of fused-ring (bicyclic) bond motifs is 1. The lowest BCUT2D eigenvalue weighted by Crippen LogP contribution is -2.36. The third kappa shape index (κ3) is 3.18. The summed E-state index contributed by atoms with van der Waals surface area (Å²) in [4.78, 5) is 29.7. The van der Waals surface area contributed by atoms with E-state index >= 15 is 0 Å². The van der Waals surface area contributed by atoms with E-state index in [1.807, 2.05) is 19.9 Å². The van der Waals surface area contributed by atoms with Gasteiger partial charge in [0, 0.05) is 36.6 Å². The molecule has 1 saturated carbocycles. The number of pyridine rings is 1. The van der Waals surface area contributed by atoms with Gasteiger partial charge < -0.3 is 10.4 Å². The molecule has 3 heterocycles. The zero-order valence-electron chi connectivity index (χ0n) is 15.2. The van der Waals surface area contributed by atoms with E-state index in [0.717, 1.165) is 18.4 Å². The molecule has 0 saturated heterocycles. The van der Waals surface area contributed by atoms with Crippen molar-refractivity contribution >= 4 is 11.6 Å². The van der Waals surface area contributed by atoms with Crippen LogP contribution in [-0.2, 0) is 6.54 Å². The molecule has 0 spiro atoms. The summed E-state index contributed by atoms with van der Waals surface area (Å²) in [7, 11) is 0. The largest absolute Gasteiger partial charge is 0.492 e. The summed E-state index contributed by atoms with van der Waals surface area (Å²) in [6.07, 6.45) is 5.10. The summed E-state index contributed by atoms with van der Waals surface area (Å²) in [5.41, 5.74) is 0.983. The Morgan fingerprint density at radius 3 is 2.81 bits per heavy atom. The Bertz CT molecular complexity index is 1060. The number of hydrogen-bond acceptors (Lipinski definition) is 5. The van der Waals surface area contributed by atoms with E-state index in [2.05, 4.69) is 15.4 Å². The zero-order valence-corrected chi connectivity index (χ0v) is 15.2. The molecule has 2 N–H and O–H groups in total. The first-order valence-electron chi connectivity index (χ1n) is 9.02. The van der Waals surface area contributed by atoms with E-state index in [9.17, 15) is 14.7 Å². The molecule has 8 nitrogen and oxygen atoms in total. The van der Waals surface area contributed by atoms with Crippen molar-refractivity contribution in [3.63, 3.8) is 0 Å². The SMILES string of the molecule is CC(C)Cn1c(=O)c(C(=O)NC2CC2)c(O)n2nc(-c3cccnc3)cc12. The number of aromatic hydroxyl groups is 1. The summed E-state index contributed by atoms with van der Waals surface area (Å²) >= 11 is 0. The van der Waals surface area contributed by atoms with Gasteiger partial charge in [0.15, 0.2) is 5.56 Å². The molecule has 140 valence electrons. The number of nitrogens with one attached hydrogen (secondary N) is 1. The first-order valence-corrected chi connectivity index (χ1v) is 9.02. The Balaban J connectivity index is 1.93. The maximum Gasteiger partial charge on any atom is 0.270 e. The van der Waals surface area contributed by atoms with E-state index in [1.54, 1.807) is 24.5 Å². The molecule has 3 aromatic rings. The summed E-state index contributed by atoms with van der Waals surface area (Å²) < 4.78 is 2.76. The smallest absolute Gasteiger partial charge is 0.270 e. The maximum atomic E-state index is 13.0. The molecule has 0 radical (unpaired) electrons. The second-order valence-electron chi connectivity index (χ2n) is 7.30. The molecule has 0 atom stereocenters. The monoisotopic (exact) mass is 367 g/mol. The Morgan fingerprint density at radius 1 is 1.41 bits per heavy atom. The number of aromatic nitrogens is 4. The molecule has 1 amide bonds. The van der Waals surface area contributed by atoms with Crippen LogP contribution >= 0.6 is 0 Å². The normalized spacial score (nSPS) is 14.0. The fraction of sp³-hybridized carbons (Fsp3) is 0.368. The minimum atomic E-state index is -0.558. The highest BCUT2D eigenvalue weighted by atomic mass is 16.3. The van der Waals surface area contributed by atoms with Crippen molar-refractivity contribution in [1.82, 2.24) is 24.5 Å². The Hall–Kier alpha value is -3.16. The lowest BCUT2D eigenvalue weighted by Gasteiger charge is -2.14. The fourth-order valence-electron chi connectivity index (χ4n) is 3.04. The summed E-state index contributed by atoms with van der Waals surface area (Å²) in [5.74, 6) is -0.826. The van der Waals surface area contributed by atoms with Gasteiger partial charge in [-0.2, -0.15) is 9.61 Å². The van der Waals surface area contributed by atoms with Gasteiger partial charge >= 0.3 is 0 Å². The predicted molar refractivity (Wildman–Crippen MR) is 99.7 cm³/mol.